The second-order valence-corrected chi connectivity index (χ2v) is 9.51. The van der Waals surface area contributed by atoms with Crippen LogP contribution < -0.4 is 9.46 Å². The highest BCUT2D eigenvalue weighted by atomic mass is 32.2. The number of hydrogen-bond donors (Lipinski definition) is 1. The molecule has 0 saturated carbocycles. The molecule has 0 aromatic heterocycles. The molecule has 2 heterocycles. The molecule has 8 nitrogen and oxygen atoms in total. The van der Waals surface area contributed by atoms with E-state index in [1.807, 2.05) is 11.8 Å². The van der Waals surface area contributed by atoms with Crippen LogP contribution >= 0.6 is 0 Å². The van der Waals surface area contributed by atoms with Crippen molar-refractivity contribution < 1.29 is 22.7 Å². The van der Waals surface area contributed by atoms with E-state index in [0.29, 0.717) is 38.3 Å². The van der Waals surface area contributed by atoms with Gasteiger partial charge in [-0.05, 0) is 56.9 Å². The fourth-order valence-electron chi connectivity index (χ4n) is 3.99. The maximum Gasteiger partial charge on any atom is 0.240 e. The molecule has 1 N–H and O–H groups in total. The average Bonchev–Trinajstić information content (AvgIpc) is 3.29. The minimum absolute atomic E-state index is 0.00492. The molecule has 9 heteroatoms. The third kappa shape index (κ3) is 5.72. The van der Waals surface area contributed by atoms with Crippen molar-refractivity contribution in [2.45, 2.75) is 43.9 Å². The van der Waals surface area contributed by atoms with Gasteiger partial charge in [0.15, 0.2) is 0 Å². The molecule has 0 spiro atoms. The van der Waals surface area contributed by atoms with Gasteiger partial charge in [0.25, 0.3) is 0 Å². The predicted octanol–water partition coefficient (Wildman–Crippen LogP) is 1.61. The van der Waals surface area contributed by atoms with Crippen LogP contribution in [0.15, 0.2) is 29.2 Å². The van der Waals surface area contributed by atoms with E-state index in [1.54, 1.807) is 17.0 Å². The zero-order valence-corrected chi connectivity index (χ0v) is 18.3. The molecule has 166 valence electrons. The Morgan fingerprint density at radius 3 is 2.27 bits per heavy atom. The number of carbonyl (C=O) groups is 2. The smallest absolute Gasteiger partial charge is 0.240 e. The lowest BCUT2D eigenvalue weighted by Crippen LogP contribution is -2.44. The Bertz CT molecular complexity index is 827. The largest absolute Gasteiger partial charge is 0.494 e. The van der Waals surface area contributed by atoms with Crippen LogP contribution in [0, 0.1) is 5.92 Å². The first-order valence-corrected chi connectivity index (χ1v) is 12.2. The second kappa shape index (κ2) is 10.3. The zero-order valence-electron chi connectivity index (χ0n) is 17.5. The Morgan fingerprint density at radius 1 is 1.03 bits per heavy atom. The molecule has 2 aliphatic heterocycles. The van der Waals surface area contributed by atoms with Crippen molar-refractivity contribution in [1.82, 2.24) is 14.5 Å². The van der Waals surface area contributed by atoms with Crippen LogP contribution in [0.4, 0.5) is 0 Å². The van der Waals surface area contributed by atoms with Gasteiger partial charge in [-0.15, -0.1) is 0 Å². The number of nitrogens with one attached hydrogen (secondary N) is 1. The average molecular weight is 438 g/mol. The van der Waals surface area contributed by atoms with Crippen molar-refractivity contribution in [3.05, 3.63) is 24.3 Å². The molecule has 0 atom stereocenters. The number of carbonyl (C=O) groups excluding carboxylic acids is 2. The first kappa shape index (κ1) is 22.6. The molecule has 2 saturated heterocycles. The lowest BCUT2D eigenvalue weighted by molar-refractivity contribution is -0.140. The maximum atomic E-state index is 12.5. The van der Waals surface area contributed by atoms with E-state index in [2.05, 4.69) is 4.72 Å². The number of nitrogens with zero attached hydrogens (tertiary/aromatic N) is 2. The number of likely N-dealkylation sites (tertiary alicyclic amines) is 2. The molecule has 0 bridgehead atoms. The summed E-state index contributed by atoms with van der Waals surface area (Å²) >= 11 is 0. The number of rotatable bonds is 8. The topological polar surface area (TPSA) is 96.0 Å². The summed E-state index contributed by atoms with van der Waals surface area (Å²) in [5.74, 6) is 0.753. The van der Waals surface area contributed by atoms with E-state index in [0.717, 1.165) is 25.9 Å². The molecule has 2 amide bonds. The number of sulfonamides is 1. The monoisotopic (exact) mass is 437 g/mol. The Morgan fingerprint density at radius 2 is 1.67 bits per heavy atom. The maximum absolute atomic E-state index is 12.5. The molecule has 1 aromatic rings. The summed E-state index contributed by atoms with van der Waals surface area (Å²) in [6.07, 6.45) is 3.62. The Hall–Kier alpha value is -2.13. The SMILES string of the molecule is CCOc1ccc(S(=O)(=O)NCCC(=O)N2CCC(C(=O)N3CCCC3)CC2)cc1. The van der Waals surface area contributed by atoms with Crippen LogP contribution in [-0.4, -0.2) is 69.4 Å². The van der Waals surface area contributed by atoms with Crippen LogP contribution in [0.1, 0.15) is 39.0 Å². The third-order valence-corrected chi connectivity index (χ3v) is 7.17. The molecule has 2 fully saturated rings. The van der Waals surface area contributed by atoms with Crippen molar-refractivity contribution in [1.29, 1.82) is 0 Å². The van der Waals surface area contributed by atoms with Crippen LogP contribution in [0.5, 0.6) is 5.75 Å². The van der Waals surface area contributed by atoms with Gasteiger partial charge in [0.1, 0.15) is 5.75 Å². The Labute approximate surface area is 178 Å². The summed E-state index contributed by atoms with van der Waals surface area (Å²) in [5.41, 5.74) is 0. The Balaban J connectivity index is 1.41. The van der Waals surface area contributed by atoms with Crippen molar-refractivity contribution in [3.8, 4) is 5.75 Å². The van der Waals surface area contributed by atoms with Gasteiger partial charge in [0.05, 0.1) is 11.5 Å². The van der Waals surface area contributed by atoms with E-state index in [4.69, 9.17) is 4.74 Å². The summed E-state index contributed by atoms with van der Waals surface area (Å²) in [4.78, 5) is 28.8. The second-order valence-electron chi connectivity index (χ2n) is 7.74. The summed E-state index contributed by atoms with van der Waals surface area (Å²) < 4.78 is 32.6. The van der Waals surface area contributed by atoms with E-state index in [1.165, 1.54) is 12.1 Å². The quantitative estimate of drug-likeness (QED) is 0.667. The highest BCUT2D eigenvalue weighted by molar-refractivity contribution is 7.89. The van der Waals surface area contributed by atoms with E-state index in [-0.39, 0.29) is 35.6 Å². The lowest BCUT2D eigenvalue weighted by Gasteiger charge is -2.33. The molecule has 2 aliphatic rings. The minimum Gasteiger partial charge on any atom is -0.494 e. The molecule has 0 radical (unpaired) electrons. The highest BCUT2D eigenvalue weighted by Gasteiger charge is 2.31. The first-order chi connectivity index (χ1) is 14.4. The fourth-order valence-corrected chi connectivity index (χ4v) is 5.02. The fraction of sp³-hybridized carbons (Fsp3) is 0.619. The zero-order chi connectivity index (χ0) is 21.6. The first-order valence-electron chi connectivity index (χ1n) is 10.7. The predicted molar refractivity (Wildman–Crippen MR) is 113 cm³/mol. The van der Waals surface area contributed by atoms with Gasteiger partial charge in [-0.25, -0.2) is 13.1 Å². The molecule has 0 unspecified atom stereocenters. The highest BCUT2D eigenvalue weighted by Crippen LogP contribution is 2.22. The number of amides is 2. The molecule has 3 rings (SSSR count). The van der Waals surface area contributed by atoms with E-state index in [9.17, 15) is 18.0 Å². The molecular formula is C21H31N3O5S. The van der Waals surface area contributed by atoms with Gasteiger partial charge in [-0.1, -0.05) is 0 Å². The van der Waals surface area contributed by atoms with Gasteiger partial charge in [-0.3, -0.25) is 9.59 Å². The van der Waals surface area contributed by atoms with Crippen LogP contribution in [0.25, 0.3) is 0 Å². The standard InChI is InChI=1S/C21H31N3O5S/c1-2-29-18-5-7-19(8-6-18)30(27,28)22-12-9-20(25)23-15-10-17(11-16-23)21(26)24-13-3-4-14-24/h5-8,17,22H,2-4,9-16H2,1H3. The minimum atomic E-state index is -3.67. The number of piperidine rings is 1. The van der Waals surface area contributed by atoms with Crippen molar-refractivity contribution in [2.75, 3.05) is 39.3 Å². The summed E-state index contributed by atoms with van der Waals surface area (Å²) in [5, 5.41) is 0. The van der Waals surface area contributed by atoms with E-state index >= 15 is 0 Å². The molecule has 30 heavy (non-hydrogen) atoms. The number of benzene rings is 1. The van der Waals surface area contributed by atoms with Gasteiger partial charge < -0.3 is 14.5 Å². The lowest BCUT2D eigenvalue weighted by atomic mass is 9.95. The normalized spacial score (nSPS) is 17.9. The van der Waals surface area contributed by atoms with Crippen molar-refractivity contribution in [2.24, 2.45) is 5.92 Å². The van der Waals surface area contributed by atoms with Crippen LogP contribution in [-0.2, 0) is 19.6 Å². The molecular weight excluding hydrogens is 406 g/mol. The number of ether oxygens (including phenoxy) is 1. The van der Waals surface area contributed by atoms with Crippen LogP contribution in [0.2, 0.25) is 0 Å². The summed E-state index contributed by atoms with van der Waals surface area (Å²) in [6, 6.07) is 6.18. The van der Waals surface area contributed by atoms with Crippen molar-refractivity contribution in [3.63, 3.8) is 0 Å². The Kier molecular flexibility index (Phi) is 7.71. The van der Waals surface area contributed by atoms with Gasteiger partial charge in [0.2, 0.25) is 21.8 Å². The third-order valence-electron chi connectivity index (χ3n) is 5.69. The summed E-state index contributed by atoms with van der Waals surface area (Å²) in [7, 11) is -3.67. The van der Waals surface area contributed by atoms with Gasteiger partial charge >= 0.3 is 0 Å². The van der Waals surface area contributed by atoms with Gasteiger partial charge in [-0.2, -0.15) is 0 Å². The summed E-state index contributed by atoms with van der Waals surface area (Å²) in [6.45, 7) is 5.22. The molecule has 1 aromatic carbocycles. The van der Waals surface area contributed by atoms with Crippen molar-refractivity contribution >= 4 is 21.8 Å². The van der Waals surface area contributed by atoms with Crippen LogP contribution in [0.3, 0.4) is 0 Å². The molecule has 0 aliphatic carbocycles. The number of hydrogen-bond acceptors (Lipinski definition) is 5. The van der Waals surface area contributed by atoms with E-state index < -0.39 is 10.0 Å². The van der Waals surface area contributed by atoms with Gasteiger partial charge in [0, 0.05) is 45.1 Å².